The van der Waals surface area contributed by atoms with Crippen molar-refractivity contribution >= 4 is 5.69 Å². The van der Waals surface area contributed by atoms with E-state index in [2.05, 4.69) is 0 Å². The van der Waals surface area contributed by atoms with E-state index in [-0.39, 0.29) is 0 Å². The van der Waals surface area contributed by atoms with Crippen molar-refractivity contribution in [2.45, 2.75) is 6.61 Å². The predicted octanol–water partition coefficient (Wildman–Crippen LogP) is 2.55. The third-order valence-corrected chi connectivity index (χ3v) is 2.31. The number of ether oxygens (including phenoxy) is 1. The van der Waals surface area contributed by atoms with Crippen LogP contribution in [0.1, 0.15) is 5.56 Å². The fourth-order valence-electron chi connectivity index (χ4n) is 1.47. The van der Waals surface area contributed by atoms with E-state index in [1.807, 2.05) is 36.4 Å². The number of nitroso groups, excluding NO2 is 1. The second kappa shape index (κ2) is 5.12. The van der Waals surface area contributed by atoms with Crippen LogP contribution in [0, 0.1) is 4.91 Å². The zero-order chi connectivity index (χ0) is 12.1. The Kier molecular flexibility index (Phi) is 3.35. The first-order valence-electron chi connectivity index (χ1n) is 5.24. The number of hydrazine groups is 1. The number of hydrogen-bond donors (Lipinski definition) is 1. The van der Waals surface area contributed by atoms with Gasteiger partial charge >= 0.3 is 0 Å². The third kappa shape index (κ3) is 3.04. The molecule has 0 bridgehead atoms. The molecule has 2 aromatic rings. The Bertz CT molecular complexity index is 512. The lowest BCUT2D eigenvalue weighted by Crippen LogP contribution is -2.09. The SMILES string of the molecule is N[N+](=O)c1cccc(COc2ccccc2)c1. The fourth-order valence-corrected chi connectivity index (χ4v) is 1.47. The first-order chi connectivity index (χ1) is 8.25. The Balaban J connectivity index is 2.04. The molecule has 0 radical (unpaired) electrons. The van der Waals surface area contributed by atoms with Crippen LogP contribution in [-0.2, 0) is 6.61 Å². The molecule has 86 valence electrons. The van der Waals surface area contributed by atoms with Gasteiger partial charge in [-0.1, -0.05) is 30.3 Å². The molecule has 2 aromatic carbocycles. The second-order valence-electron chi connectivity index (χ2n) is 3.60. The highest BCUT2D eigenvalue weighted by molar-refractivity contribution is 5.34. The van der Waals surface area contributed by atoms with Crippen LogP contribution in [0.25, 0.3) is 0 Å². The van der Waals surface area contributed by atoms with Gasteiger partial charge in [0.15, 0.2) is 4.87 Å². The molecule has 0 heterocycles. The summed E-state index contributed by atoms with van der Waals surface area (Å²) in [6, 6.07) is 16.5. The summed E-state index contributed by atoms with van der Waals surface area (Å²) >= 11 is 0. The highest BCUT2D eigenvalue weighted by atomic mass is 16.5. The molecule has 17 heavy (non-hydrogen) atoms. The highest BCUT2D eigenvalue weighted by Crippen LogP contribution is 2.15. The van der Waals surface area contributed by atoms with Gasteiger partial charge < -0.3 is 4.74 Å². The van der Waals surface area contributed by atoms with Crippen molar-refractivity contribution in [2.24, 2.45) is 5.84 Å². The van der Waals surface area contributed by atoms with Crippen molar-refractivity contribution in [1.29, 1.82) is 0 Å². The first-order valence-corrected chi connectivity index (χ1v) is 5.24. The maximum Gasteiger partial charge on any atom is 0.292 e. The van der Waals surface area contributed by atoms with Gasteiger partial charge in [0.2, 0.25) is 0 Å². The van der Waals surface area contributed by atoms with Crippen LogP contribution < -0.4 is 10.6 Å². The van der Waals surface area contributed by atoms with Crippen LogP contribution in [0.2, 0.25) is 0 Å². The number of nitrogens with two attached hydrogens (primary N) is 1. The number of para-hydroxylation sites is 1. The van der Waals surface area contributed by atoms with Crippen LogP contribution >= 0.6 is 0 Å². The van der Waals surface area contributed by atoms with Gasteiger partial charge in [-0.2, -0.15) is 5.84 Å². The Morgan fingerprint density at radius 1 is 1.06 bits per heavy atom. The average Bonchev–Trinajstić information content (AvgIpc) is 2.38. The fraction of sp³-hybridized carbons (Fsp3) is 0.0769. The first kappa shape index (κ1) is 11.1. The Hall–Kier alpha value is -2.36. The van der Waals surface area contributed by atoms with E-state index in [1.165, 1.54) is 0 Å². The van der Waals surface area contributed by atoms with Gasteiger partial charge in [0, 0.05) is 12.1 Å². The molecule has 0 saturated carbocycles. The summed E-state index contributed by atoms with van der Waals surface area (Å²) in [7, 11) is 0. The molecule has 0 aromatic heterocycles. The minimum Gasteiger partial charge on any atom is -0.489 e. The van der Waals surface area contributed by atoms with E-state index >= 15 is 0 Å². The maximum absolute atomic E-state index is 10.9. The molecule has 0 unspecified atom stereocenters. The van der Waals surface area contributed by atoms with E-state index in [0.29, 0.717) is 17.2 Å². The normalized spacial score (nSPS) is 9.88. The molecule has 2 rings (SSSR count). The zero-order valence-corrected chi connectivity index (χ0v) is 9.24. The number of hydrogen-bond acceptors (Lipinski definition) is 2. The van der Waals surface area contributed by atoms with E-state index in [0.717, 1.165) is 11.3 Å². The van der Waals surface area contributed by atoms with Gasteiger partial charge in [-0.3, -0.25) is 0 Å². The summed E-state index contributed by atoms with van der Waals surface area (Å²) in [5.41, 5.74) is 1.32. The van der Waals surface area contributed by atoms with E-state index in [4.69, 9.17) is 10.6 Å². The van der Waals surface area contributed by atoms with Gasteiger partial charge in [0.25, 0.3) is 5.69 Å². The Labute approximate surface area is 99.2 Å². The van der Waals surface area contributed by atoms with Crippen LogP contribution in [0.5, 0.6) is 5.75 Å². The summed E-state index contributed by atoms with van der Waals surface area (Å²) in [4.78, 5) is 11.3. The Morgan fingerprint density at radius 3 is 2.53 bits per heavy atom. The molecule has 0 amide bonds. The lowest BCUT2D eigenvalue weighted by molar-refractivity contribution is -0.474. The van der Waals surface area contributed by atoms with Gasteiger partial charge in [-0.25, -0.2) is 0 Å². The molecule has 0 aliphatic heterocycles. The third-order valence-electron chi connectivity index (χ3n) is 2.31. The maximum atomic E-state index is 10.9. The molecule has 4 nitrogen and oxygen atoms in total. The summed E-state index contributed by atoms with van der Waals surface area (Å²) < 4.78 is 5.57. The zero-order valence-electron chi connectivity index (χ0n) is 9.24. The van der Waals surface area contributed by atoms with Gasteiger partial charge in [-0.05, 0) is 17.7 Å². The molecule has 2 N–H and O–H groups in total. The van der Waals surface area contributed by atoms with Crippen LogP contribution in [-0.4, -0.2) is 4.87 Å². The number of benzene rings is 2. The highest BCUT2D eigenvalue weighted by Gasteiger charge is 2.08. The lowest BCUT2D eigenvalue weighted by Gasteiger charge is -2.05. The number of nitrogens with zero attached hydrogens (tertiary/aromatic N) is 1. The lowest BCUT2D eigenvalue weighted by atomic mass is 10.2. The average molecular weight is 229 g/mol. The van der Waals surface area contributed by atoms with Crippen molar-refractivity contribution in [3.05, 3.63) is 65.1 Å². The Morgan fingerprint density at radius 2 is 1.82 bits per heavy atom. The van der Waals surface area contributed by atoms with Crippen LogP contribution in [0.4, 0.5) is 5.69 Å². The molecule has 4 heteroatoms. The standard InChI is InChI=1S/C13H13N2O2/c14-15(16)12-6-4-5-11(9-12)10-17-13-7-2-1-3-8-13/h1-9H,10H2,(H2,14,16)/q+1. The largest absolute Gasteiger partial charge is 0.489 e. The minimum atomic E-state index is 0.339. The molecule has 0 saturated heterocycles. The molecular weight excluding hydrogens is 216 g/mol. The van der Waals surface area contributed by atoms with Crippen molar-refractivity contribution in [1.82, 2.24) is 0 Å². The monoisotopic (exact) mass is 229 g/mol. The van der Waals surface area contributed by atoms with Crippen molar-refractivity contribution in [3.8, 4) is 5.75 Å². The molecule has 0 spiro atoms. The molecule has 0 aliphatic carbocycles. The van der Waals surface area contributed by atoms with Gasteiger partial charge in [0.1, 0.15) is 12.4 Å². The summed E-state index contributed by atoms with van der Waals surface area (Å²) in [6.45, 7) is 0.408. The van der Waals surface area contributed by atoms with Crippen molar-refractivity contribution in [3.63, 3.8) is 0 Å². The smallest absolute Gasteiger partial charge is 0.292 e. The summed E-state index contributed by atoms with van der Waals surface area (Å²) in [5.74, 6) is 5.92. The summed E-state index contributed by atoms with van der Waals surface area (Å²) in [6.07, 6.45) is 0. The topological polar surface area (TPSA) is 55.3 Å². The molecular formula is C13H13N2O2+. The molecule has 0 fully saturated rings. The predicted molar refractivity (Wildman–Crippen MR) is 64.7 cm³/mol. The molecule has 0 aliphatic rings. The molecule has 0 atom stereocenters. The van der Waals surface area contributed by atoms with E-state index in [9.17, 15) is 4.91 Å². The van der Waals surface area contributed by atoms with Gasteiger partial charge in [-0.15, -0.1) is 0 Å². The van der Waals surface area contributed by atoms with E-state index < -0.39 is 0 Å². The quantitative estimate of drug-likeness (QED) is 0.498. The van der Waals surface area contributed by atoms with E-state index in [1.54, 1.807) is 18.2 Å². The number of rotatable bonds is 4. The second-order valence-corrected chi connectivity index (χ2v) is 3.60. The van der Waals surface area contributed by atoms with Crippen molar-refractivity contribution in [2.75, 3.05) is 0 Å². The summed E-state index contributed by atoms with van der Waals surface area (Å²) in [5, 5.41) is 0. The van der Waals surface area contributed by atoms with Gasteiger partial charge in [0.05, 0.1) is 4.91 Å². The van der Waals surface area contributed by atoms with Crippen LogP contribution in [0.15, 0.2) is 54.6 Å². The van der Waals surface area contributed by atoms with Crippen LogP contribution in [0.3, 0.4) is 0 Å². The van der Waals surface area contributed by atoms with Crippen molar-refractivity contribution < 1.29 is 9.61 Å². The minimum absolute atomic E-state index is 0.339.